The number of nitrogens with one attached hydrogen (secondary N) is 1. The van der Waals surface area contributed by atoms with Crippen LogP contribution in [0.1, 0.15) is 48.6 Å². The Labute approximate surface area is 135 Å². The van der Waals surface area contributed by atoms with Gasteiger partial charge in [0.15, 0.2) is 0 Å². The second-order valence-electron chi connectivity index (χ2n) is 7.33. The van der Waals surface area contributed by atoms with Gasteiger partial charge < -0.3 is 9.88 Å². The third kappa shape index (κ3) is 1.78. The van der Waals surface area contributed by atoms with Crippen LogP contribution in [0.3, 0.4) is 0 Å². The summed E-state index contributed by atoms with van der Waals surface area (Å²) in [6, 6.07) is 10.6. The highest BCUT2D eigenvalue weighted by Gasteiger charge is 2.59. The van der Waals surface area contributed by atoms with Gasteiger partial charge in [0.25, 0.3) is 0 Å². The summed E-state index contributed by atoms with van der Waals surface area (Å²) in [5.74, 6) is 0.924. The van der Waals surface area contributed by atoms with Gasteiger partial charge in [-0.1, -0.05) is 30.3 Å². The molecule has 2 bridgehead atoms. The Balaban J connectivity index is 1.50. The van der Waals surface area contributed by atoms with Crippen molar-refractivity contribution >= 4 is 5.91 Å². The Morgan fingerprint density at radius 2 is 2.09 bits per heavy atom. The van der Waals surface area contributed by atoms with Gasteiger partial charge in [0.05, 0.1) is 23.5 Å². The van der Waals surface area contributed by atoms with Gasteiger partial charge in [0, 0.05) is 12.2 Å². The molecule has 1 aromatic heterocycles. The van der Waals surface area contributed by atoms with Crippen molar-refractivity contribution in [3.05, 3.63) is 53.6 Å². The summed E-state index contributed by atoms with van der Waals surface area (Å²) in [4.78, 5) is 23.2. The maximum Gasteiger partial charge on any atom is 0.232 e. The van der Waals surface area contributed by atoms with E-state index in [1.54, 1.807) is 6.33 Å². The number of amides is 1. The summed E-state index contributed by atoms with van der Waals surface area (Å²) < 4.78 is 0. The number of imidazole rings is 1. The molecule has 2 aliphatic carbocycles. The zero-order valence-electron chi connectivity index (χ0n) is 13.2. The highest BCUT2D eigenvalue weighted by Crippen LogP contribution is 2.57. The molecule has 2 saturated heterocycles. The molecule has 3 heterocycles. The predicted molar refractivity (Wildman–Crippen MR) is 86.8 cm³/mol. The molecular weight excluding hydrogens is 286 g/mol. The Hall–Kier alpha value is -2.10. The van der Waals surface area contributed by atoms with Gasteiger partial charge in [-0.25, -0.2) is 4.98 Å². The van der Waals surface area contributed by atoms with Gasteiger partial charge >= 0.3 is 0 Å². The van der Waals surface area contributed by atoms with Gasteiger partial charge in [-0.3, -0.25) is 4.79 Å². The lowest BCUT2D eigenvalue weighted by Crippen LogP contribution is -2.47. The number of H-pyrrole nitrogens is 1. The van der Waals surface area contributed by atoms with Gasteiger partial charge in [0.2, 0.25) is 5.91 Å². The third-order valence-electron chi connectivity index (χ3n) is 6.09. The highest BCUT2D eigenvalue weighted by atomic mass is 16.2. The van der Waals surface area contributed by atoms with Crippen molar-refractivity contribution < 1.29 is 4.79 Å². The molecule has 1 unspecified atom stereocenters. The molecule has 1 amide bonds. The number of aromatic nitrogens is 2. The monoisotopic (exact) mass is 307 g/mol. The second-order valence-corrected chi connectivity index (χ2v) is 7.33. The molecule has 1 N–H and O–H groups in total. The molecule has 4 heteroatoms. The van der Waals surface area contributed by atoms with Crippen LogP contribution in [0, 0.1) is 5.92 Å². The van der Waals surface area contributed by atoms with Crippen molar-refractivity contribution in [1.29, 1.82) is 0 Å². The number of fused-ring (bicyclic) bond motifs is 2. The molecule has 23 heavy (non-hydrogen) atoms. The SMILES string of the molecule is O=C(C1CCCc2[nH]cnc21)N1CC2CC1(c1ccccc1)C2. The lowest BCUT2D eigenvalue weighted by Gasteiger charge is -2.43. The Kier molecular flexibility index (Phi) is 2.73. The molecule has 0 spiro atoms. The minimum Gasteiger partial charge on any atom is -0.348 e. The number of hydrogen-bond acceptors (Lipinski definition) is 2. The zero-order chi connectivity index (χ0) is 15.4. The van der Waals surface area contributed by atoms with Crippen LogP contribution >= 0.6 is 0 Å². The predicted octanol–water partition coefficient (Wildman–Crippen LogP) is 2.98. The summed E-state index contributed by atoms with van der Waals surface area (Å²) in [5.41, 5.74) is 3.42. The third-order valence-corrected chi connectivity index (χ3v) is 6.09. The molecule has 1 saturated carbocycles. The van der Waals surface area contributed by atoms with Crippen molar-refractivity contribution in [3.8, 4) is 0 Å². The van der Waals surface area contributed by atoms with Crippen LogP contribution in [-0.2, 0) is 16.8 Å². The van der Waals surface area contributed by atoms with Crippen LogP contribution in [0.15, 0.2) is 36.7 Å². The molecule has 2 aliphatic heterocycles. The van der Waals surface area contributed by atoms with E-state index in [0.717, 1.165) is 50.0 Å². The van der Waals surface area contributed by atoms with Crippen molar-refractivity contribution in [2.24, 2.45) is 5.92 Å². The first kappa shape index (κ1) is 13.3. The first-order chi connectivity index (χ1) is 11.3. The van der Waals surface area contributed by atoms with Crippen LogP contribution in [-0.4, -0.2) is 27.3 Å². The molecule has 4 nitrogen and oxygen atoms in total. The van der Waals surface area contributed by atoms with Crippen LogP contribution in [0.25, 0.3) is 0 Å². The lowest BCUT2D eigenvalue weighted by atomic mass is 9.69. The molecule has 4 aliphatic rings. The average Bonchev–Trinajstić information content (AvgIpc) is 3.26. The zero-order valence-corrected chi connectivity index (χ0v) is 13.2. The topological polar surface area (TPSA) is 49.0 Å². The summed E-state index contributed by atoms with van der Waals surface area (Å²) in [6.45, 7) is 0.921. The smallest absolute Gasteiger partial charge is 0.232 e. The van der Waals surface area contributed by atoms with E-state index in [1.807, 2.05) is 0 Å². The number of carbonyl (C=O) groups excluding carboxylic acids is 1. The fraction of sp³-hybridized carbons (Fsp3) is 0.474. The van der Waals surface area contributed by atoms with E-state index >= 15 is 0 Å². The number of nitrogens with zero attached hydrogens (tertiary/aromatic N) is 2. The summed E-state index contributed by atoms with van der Waals surface area (Å²) in [7, 11) is 0. The van der Waals surface area contributed by atoms with Gasteiger partial charge in [-0.2, -0.15) is 0 Å². The van der Waals surface area contributed by atoms with Gasteiger partial charge in [0.1, 0.15) is 0 Å². The van der Waals surface area contributed by atoms with Crippen molar-refractivity contribution in [3.63, 3.8) is 0 Å². The minimum absolute atomic E-state index is 0.0447. The molecule has 2 aromatic rings. The van der Waals surface area contributed by atoms with E-state index in [9.17, 15) is 4.79 Å². The number of carbonyl (C=O) groups is 1. The first-order valence-corrected chi connectivity index (χ1v) is 8.67. The maximum absolute atomic E-state index is 13.3. The molecule has 118 valence electrons. The number of aromatic amines is 1. The van der Waals surface area contributed by atoms with E-state index in [2.05, 4.69) is 45.2 Å². The van der Waals surface area contributed by atoms with E-state index in [0.29, 0.717) is 11.8 Å². The summed E-state index contributed by atoms with van der Waals surface area (Å²) >= 11 is 0. The molecule has 1 aromatic carbocycles. The van der Waals surface area contributed by atoms with Crippen LogP contribution < -0.4 is 0 Å². The maximum atomic E-state index is 13.3. The molecule has 0 radical (unpaired) electrons. The Morgan fingerprint density at radius 1 is 1.26 bits per heavy atom. The lowest BCUT2D eigenvalue weighted by molar-refractivity contribution is -0.137. The van der Waals surface area contributed by atoms with Crippen molar-refractivity contribution in [2.75, 3.05) is 6.54 Å². The van der Waals surface area contributed by atoms with Crippen LogP contribution in [0.4, 0.5) is 0 Å². The van der Waals surface area contributed by atoms with Crippen molar-refractivity contribution in [1.82, 2.24) is 14.9 Å². The largest absolute Gasteiger partial charge is 0.348 e. The van der Waals surface area contributed by atoms with E-state index in [1.165, 1.54) is 5.56 Å². The average molecular weight is 307 g/mol. The normalized spacial score (nSPS) is 31.6. The second kappa shape index (κ2) is 4.70. The van der Waals surface area contributed by atoms with E-state index < -0.39 is 0 Å². The van der Waals surface area contributed by atoms with Gasteiger partial charge in [-0.15, -0.1) is 0 Å². The number of benzene rings is 1. The van der Waals surface area contributed by atoms with Crippen LogP contribution in [0.5, 0.6) is 0 Å². The van der Waals surface area contributed by atoms with E-state index in [4.69, 9.17) is 0 Å². The summed E-state index contributed by atoms with van der Waals surface area (Å²) in [5, 5.41) is 0. The van der Waals surface area contributed by atoms with E-state index in [-0.39, 0.29) is 11.5 Å². The highest BCUT2D eigenvalue weighted by molar-refractivity contribution is 5.85. The Morgan fingerprint density at radius 3 is 2.91 bits per heavy atom. The Bertz CT molecular complexity index is 745. The van der Waals surface area contributed by atoms with Gasteiger partial charge in [-0.05, 0) is 43.6 Å². The minimum atomic E-state index is -0.0510. The standard InChI is InChI=1S/C19H21N3O/c23-18(15-7-4-8-16-17(15)21-12-20-16)22-11-13-9-19(22,10-13)14-5-2-1-3-6-14/h1-3,5-6,12-13,15H,4,7-11H2,(H,20,21). The number of hydrogen-bond donors (Lipinski definition) is 1. The molecule has 1 atom stereocenters. The van der Waals surface area contributed by atoms with Crippen molar-refractivity contribution in [2.45, 2.75) is 43.6 Å². The fourth-order valence-corrected chi connectivity index (χ4v) is 5.00. The molecule has 6 rings (SSSR count). The number of rotatable bonds is 2. The fourth-order valence-electron chi connectivity index (χ4n) is 5.00. The molecule has 3 fully saturated rings. The van der Waals surface area contributed by atoms with Crippen LogP contribution in [0.2, 0.25) is 0 Å². The quantitative estimate of drug-likeness (QED) is 0.927. The first-order valence-electron chi connectivity index (χ1n) is 8.67. The number of aryl methyl sites for hydroxylation is 1. The summed E-state index contributed by atoms with van der Waals surface area (Å²) in [6.07, 6.45) is 7.02. The molecular formula is C19H21N3O.